The lowest BCUT2D eigenvalue weighted by molar-refractivity contribution is 0.836. The van der Waals surface area contributed by atoms with Gasteiger partial charge in [-0.1, -0.05) is 103 Å². The molecule has 0 aliphatic carbocycles. The average molecular weight is 957 g/mol. The van der Waals surface area contributed by atoms with E-state index in [-0.39, 0.29) is 0 Å². The maximum atomic E-state index is 6.20. The van der Waals surface area contributed by atoms with Gasteiger partial charge in [0.1, 0.15) is 22.1 Å². The fourth-order valence-corrected chi connectivity index (χ4v) is 11.1. The van der Waals surface area contributed by atoms with Crippen molar-refractivity contribution < 1.29 is 0 Å². The Balaban J connectivity index is 0.000000178. The number of unbranched alkanes of at least 4 members (excludes halogenated alkanes) is 4. The first-order valence-corrected chi connectivity index (χ1v) is 25.1. The normalized spacial score (nSPS) is 10.6. The number of aromatic nitrogens is 4. The number of thiophene rings is 4. The van der Waals surface area contributed by atoms with Crippen LogP contribution >= 0.6 is 108 Å². The van der Waals surface area contributed by atoms with Gasteiger partial charge >= 0.3 is 0 Å². The van der Waals surface area contributed by atoms with Crippen LogP contribution in [-0.4, -0.2) is 30.6 Å². The van der Waals surface area contributed by atoms with Gasteiger partial charge in [0.2, 0.25) is 0 Å². The van der Waals surface area contributed by atoms with Crippen molar-refractivity contribution in [2.24, 2.45) is 0 Å². The lowest BCUT2D eigenvalue weighted by Gasteiger charge is -2.01. The molecule has 0 bridgehead atoms. The van der Waals surface area contributed by atoms with Gasteiger partial charge in [-0.15, -0.1) is 45.3 Å². The molecule has 2 N–H and O–H groups in total. The smallest absolute Gasteiger partial charge is 0.124 e. The molecule has 8 rings (SSSR count). The lowest BCUT2D eigenvalue weighted by Crippen LogP contribution is -1.97. The summed E-state index contributed by atoms with van der Waals surface area (Å²) in [6, 6.07) is 16.6. The van der Waals surface area contributed by atoms with Crippen LogP contribution in [0.25, 0.3) is 51.3 Å². The summed E-state index contributed by atoms with van der Waals surface area (Å²) in [6.45, 7) is 15.3. The van der Waals surface area contributed by atoms with Crippen LogP contribution in [0.4, 0.5) is 10.0 Å². The van der Waals surface area contributed by atoms with Gasteiger partial charge in [-0.05, 0) is 82.7 Å². The monoisotopic (exact) mass is 954 g/mol. The van der Waals surface area contributed by atoms with Gasteiger partial charge in [-0.25, -0.2) is 0 Å². The van der Waals surface area contributed by atoms with Crippen molar-refractivity contribution in [1.82, 2.24) is 17.5 Å². The molecule has 6 heterocycles. The molecule has 0 aliphatic heterocycles. The SMILES string of the molecule is CCCC.CCCC.CCCCNc1cc2sc(-c3ccc(Cl)c4nsnc34)cc2s1.CCCCNc1cc2sccc2s1.Clc1ccc(Br)c2nsnc12. The van der Waals surface area contributed by atoms with E-state index in [1.165, 1.54) is 109 Å². The summed E-state index contributed by atoms with van der Waals surface area (Å²) >= 11 is 25.1. The van der Waals surface area contributed by atoms with Crippen molar-refractivity contribution in [3.05, 3.63) is 68.4 Å². The van der Waals surface area contributed by atoms with E-state index in [1.54, 1.807) is 17.4 Å². The minimum Gasteiger partial charge on any atom is -0.377 e. The minimum absolute atomic E-state index is 0.650. The molecule has 0 radical (unpaired) electrons. The van der Waals surface area contributed by atoms with Crippen LogP contribution in [0.15, 0.2) is 58.4 Å². The Morgan fingerprint density at radius 1 is 0.545 bits per heavy atom. The van der Waals surface area contributed by atoms with Crippen LogP contribution in [0.2, 0.25) is 10.0 Å². The van der Waals surface area contributed by atoms with Crippen LogP contribution in [0.5, 0.6) is 0 Å². The van der Waals surface area contributed by atoms with E-state index in [1.807, 2.05) is 52.2 Å². The summed E-state index contributed by atoms with van der Waals surface area (Å²) in [5.74, 6) is 0. The van der Waals surface area contributed by atoms with E-state index >= 15 is 0 Å². The van der Waals surface area contributed by atoms with Crippen LogP contribution < -0.4 is 10.6 Å². The van der Waals surface area contributed by atoms with E-state index < -0.39 is 0 Å². The van der Waals surface area contributed by atoms with E-state index in [0.29, 0.717) is 10.0 Å². The molecule has 296 valence electrons. The summed E-state index contributed by atoms with van der Waals surface area (Å²) in [6.07, 6.45) is 10.2. The molecule has 0 spiro atoms. The van der Waals surface area contributed by atoms with Gasteiger partial charge in [-0.3, -0.25) is 0 Å². The van der Waals surface area contributed by atoms with Gasteiger partial charge in [-0.2, -0.15) is 17.5 Å². The maximum Gasteiger partial charge on any atom is 0.124 e. The molecule has 15 heteroatoms. The Labute approximate surface area is 368 Å². The first-order chi connectivity index (χ1) is 26.8. The number of halogens is 3. The highest BCUT2D eigenvalue weighted by molar-refractivity contribution is 9.10. The third kappa shape index (κ3) is 13.6. The second kappa shape index (κ2) is 24.7. The molecule has 6 aromatic heterocycles. The molecule has 8 aromatic rings. The Kier molecular flexibility index (Phi) is 20.6. The van der Waals surface area contributed by atoms with Crippen molar-refractivity contribution in [1.29, 1.82) is 0 Å². The highest BCUT2D eigenvalue weighted by atomic mass is 79.9. The second-order valence-electron chi connectivity index (χ2n) is 12.3. The van der Waals surface area contributed by atoms with Gasteiger partial charge in [0, 0.05) is 46.8 Å². The molecule has 0 unspecified atom stereocenters. The number of fused-ring (bicyclic) bond motifs is 4. The molecule has 0 aliphatic rings. The fourth-order valence-electron chi connectivity index (χ4n) is 4.53. The average Bonchev–Trinajstić information content (AvgIpc) is 4.04. The Bertz CT molecular complexity index is 2180. The molecule has 0 fully saturated rings. The second-order valence-corrected chi connectivity index (χ2v) is 19.2. The maximum absolute atomic E-state index is 6.20. The van der Waals surface area contributed by atoms with Crippen molar-refractivity contribution in [3.63, 3.8) is 0 Å². The standard InChI is InChI=1S/C16H14ClN3S3.C10H13NS2.C6H2BrClN2S.2C4H10/c1-2-3-6-18-14-8-13-12(22-14)7-11(21-13)9-4-5-10(17)16-15(9)19-23-20-16;1-2-3-5-11-10-7-9-8(13-10)4-6-12-9;7-3-1-2-4(8)6-5(3)9-11-10-6;2*1-3-4-2/h4-5,7-8,18H,2-3,6H2,1H3;4,6-7,11H,2-3,5H2,1H3;1-2H;2*3-4H2,1-2H3. The summed E-state index contributed by atoms with van der Waals surface area (Å²) < 4.78 is 23.2. The first kappa shape index (κ1) is 45.8. The highest BCUT2D eigenvalue weighted by Gasteiger charge is 2.15. The Hall–Kier alpha value is -1.94. The molecule has 0 saturated heterocycles. The van der Waals surface area contributed by atoms with Crippen LogP contribution in [0.3, 0.4) is 0 Å². The van der Waals surface area contributed by atoms with Gasteiger partial charge in [0.05, 0.1) is 43.5 Å². The molecule has 0 atom stereocenters. The third-order valence-corrected chi connectivity index (χ3v) is 14.6. The molecular formula is C40H49BrCl2N6S6. The quantitative estimate of drug-likeness (QED) is 0.126. The molecular weight excluding hydrogens is 908 g/mol. The molecule has 0 amide bonds. The molecule has 2 aromatic carbocycles. The lowest BCUT2D eigenvalue weighted by atomic mass is 10.1. The highest BCUT2D eigenvalue weighted by Crippen LogP contribution is 2.42. The van der Waals surface area contributed by atoms with Crippen LogP contribution in [-0.2, 0) is 0 Å². The topological polar surface area (TPSA) is 75.6 Å². The summed E-state index contributed by atoms with van der Waals surface area (Å²) in [5, 5.41) is 13.0. The fraction of sp³-hybridized carbons (Fsp3) is 0.400. The number of benzene rings is 2. The Morgan fingerprint density at radius 3 is 1.60 bits per heavy atom. The zero-order chi connectivity index (χ0) is 39.6. The van der Waals surface area contributed by atoms with E-state index in [2.05, 4.69) is 115 Å². The number of rotatable bonds is 11. The minimum atomic E-state index is 0.650. The number of nitrogens with zero attached hydrogens (tertiary/aromatic N) is 4. The first-order valence-electron chi connectivity index (χ1n) is 18.7. The van der Waals surface area contributed by atoms with E-state index in [4.69, 9.17) is 23.2 Å². The summed E-state index contributed by atoms with van der Waals surface area (Å²) in [7, 11) is 0. The van der Waals surface area contributed by atoms with E-state index in [9.17, 15) is 0 Å². The largest absolute Gasteiger partial charge is 0.377 e. The number of nitrogens with one attached hydrogen (secondary N) is 2. The van der Waals surface area contributed by atoms with Crippen LogP contribution in [0.1, 0.15) is 92.9 Å². The van der Waals surface area contributed by atoms with Crippen molar-refractivity contribution >= 4 is 159 Å². The van der Waals surface area contributed by atoms with Gasteiger partial charge in [0.25, 0.3) is 0 Å². The van der Waals surface area contributed by atoms with Crippen LogP contribution in [0, 0.1) is 0 Å². The summed E-state index contributed by atoms with van der Waals surface area (Å²) in [5.41, 5.74) is 4.42. The zero-order valence-corrected chi connectivity index (χ0v) is 40.1. The zero-order valence-electron chi connectivity index (χ0n) is 32.1. The van der Waals surface area contributed by atoms with Crippen molar-refractivity contribution in [2.75, 3.05) is 23.7 Å². The summed E-state index contributed by atoms with van der Waals surface area (Å²) in [4.78, 5) is 1.22. The molecule has 0 saturated carbocycles. The van der Waals surface area contributed by atoms with Crippen molar-refractivity contribution in [3.8, 4) is 10.4 Å². The van der Waals surface area contributed by atoms with E-state index in [0.717, 1.165) is 45.2 Å². The molecule has 6 nitrogen and oxygen atoms in total. The number of hydrogen-bond donors (Lipinski definition) is 2. The Morgan fingerprint density at radius 2 is 1.05 bits per heavy atom. The third-order valence-electron chi connectivity index (χ3n) is 7.95. The van der Waals surface area contributed by atoms with Crippen molar-refractivity contribution in [2.45, 2.75) is 92.9 Å². The van der Waals surface area contributed by atoms with Gasteiger partial charge in [0.15, 0.2) is 0 Å². The number of anilines is 2. The predicted octanol–water partition coefficient (Wildman–Crippen LogP) is 17.4. The van der Waals surface area contributed by atoms with Gasteiger partial charge < -0.3 is 10.6 Å². The molecule has 55 heavy (non-hydrogen) atoms. The number of hydrogen-bond acceptors (Lipinski definition) is 12. The predicted molar refractivity (Wildman–Crippen MR) is 259 cm³/mol.